The van der Waals surface area contributed by atoms with Crippen LogP contribution in [-0.4, -0.2) is 20.2 Å². The normalized spacial score (nSPS) is 19.0. The van der Waals surface area contributed by atoms with Crippen LogP contribution in [0.1, 0.15) is 17.4 Å². The first-order valence-electron chi connectivity index (χ1n) is 4.60. The Balaban J connectivity index is 2.03. The van der Waals surface area contributed by atoms with Gasteiger partial charge in [-0.15, -0.1) is 5.10 Å². The second-order valence-corrected chi connectivity index (χ2v) is 3.34. The zero-order valence-corrected chi connectivity index (χ0v) is 7.54. The van der Waals surface area contributed by atoms with Crippen LogP contribution in [0.2, 0.25) is 0 Å². The van der Waals surface area contributed by atoms with E-state index in [2.05, 4.69) is 34.1 Å². The molecule has 1 aliphatic rings. The van der Waals surface area contributed by atoms with Crippen LogP contribution in [-0.2, 0) is 6.42 Å². The predicted molar refractivity (Wildman–Crippen MR) is 50.4 cm³/mol. The van der Waals surface area contributed by atoms with Crippen molar-refractivity contribution in [2.45, 2.75) is 12.5 Å². The number of aromatic nitrogens is 4. The van der Waals surface area contributed by atoms with Crippen LogP contribution in [0.15, 0.2) is 30.3 Å². The zero-order chi connectivity index (χ0) is 9.38. The molecular weight excluding hydrogens is 176 g/mol. The number of benzene rings is 1. The van der Waals surface area contributed by atoms with Gasteiger partial charge in [0.1, 0.15) is 6.42 Å². The van der Waals surface area contributed by atoms with Crippen LogP contribution in [0.4, 0.5) is 0 Å². The average molecular weight is 185 g/mol. The van der Waals surface area contributed by atoms with Gasteiger partial charge >= 0.3 is 0 Å². The Bertz CT molecular complexity index is 434. The Labute approximate surface area is 81.6 Å². The van der Waals surface area contributed by atoms with Crippen molar-refractivity contribution in [3.05, 3.63) is 48.1 Å². The SMILES string of the molecule is c1ccc(C2[CH+]Cc3nnnn32)cc1. The number of hydrogen-bond acceptors (Lipinski definition) is 3. The van der Waals surface area contributed by atoms with Gasteiger partial charge in [-0.1, -0.05) is 30.3 Å². The lowest BCUT2D eigenvalue weighted by molar-refractivity contribution is 0.585. The third kappa shape index (κ3) is 1.00. The molecule has 0 bridgehead atoms. The van der Waals surface area contributed by atoms with Crippen molar-refractivity contribution in [2.75, 3.05) is 0 Å². The summed E-state index contributed by atoms with van der Waals surface area (Å²) in [6, 6.07) is 10.5. The quantitative estimate of drug-likeness (QED) is 0.623. The van der Waals surface area contributed by atoms with Gasteiger partial charge in [0, 0.05) is 5.56 Å². The fourth-order valence-electron chi connectivity index (χ4n) is 1.81. The molecule has 0 spiro atoms. The fraction of sp³-hybridized carbons (Fsp3) is 0.200. The van der Waals surface area contributed by atoms with Crippen LogP contribution in [0.3, 0.4) is 0 Å². The first-order valence-corrected chi connectivity index (χ1v) is 4.60. The maximum atomic E-state index is 3.98. The maximum absolute atomic E-state index is 3.98. The van der Waals surface area contributed by atoms with Gasteiger partial charge in [-0.25, -0.2) is 0 Å². The molecule has 1 atom stereocenters. The van der Waals surface area contributed by atoms with E-state index in [0.717, 1.165) is 12.2 Å². The highest BCUT2D eigenvalue weighted by molar-refractivity contribution is 5.25. The molecule has 3 rings (SSSR count). The van der Waals surface area contributed by atoms with Gasteiger partial charge in [0.2, 0.25) is 11.9 Å². The third-order valence-corrected chi connectivity index (χ3v) is 2.49. The summed E-state index contributed by atoms with van der Waals surface area (Å²) < 4.78 is 1.87. The monoisotopic (exact) mass is 185 g/mol. The molecule has 14 heavy (non-hydrogen) atoms. The summed E-state index contributed by atoms with van der Waals surface area (Å²) in [5, 5.41) is 11.6. The topological polar surface area (TPSA) is 43.6 Å². The summed E-state index contributed by atoms with van der Waals surface area (Å²) in [7, 11) is 0. The molecule has 1 aliphatic heterocycles. The molecule has 0 saturated carbocycles. The Kier molecular flexibility index (Phi) is 1.53. The number of nitrogens with zero attached hydrogens (tertiary/aromatic N) is 4. The van der Waals surface area contributed by atoms with Crippen molar-refractivity contribution in [1.29, 1.82) is 0 Å². The number of rotatable bonds is 1. The van der Waals surface area contributed by atoms with Gasteiger partial charge in [0.15, 0.2) is 6.42 Å². The van der Waals surface area contributed by atoms with Crippen LogP contribution < -0.4 is 0 Å². The van der Waals surface area contributed by atoms with Crippen molar-refractivity contribution in [3.63, 3.8) is 0 Å². The highest BCUT2D eigenvalue weighted by atomic mass is 15.6. The summed E-state index contributed by atoms with van der Waals surface area (Å²) in [6.45, 7) is 0. The molecule has 0 radical (unpaired) electrons. The van der Waals surface area contributed by atoms with Crippen LogP contribution >= 0.6 is 0 Å². The van der Waals surface area contributed by atoms with Crippen LogP contribution in [0, 0.1) is 6.42 Å². The van der Waals surface area contributed by atoms with E-state index in [1.807, 2.05) is 22.9 Å². The lowest BCUT2D eigenvalue weighted by Gasteiger charge is -2.02. The molecule has 0 aliphatic carbocycles. The van der Waals surface area contributed by atoms with E-state index in [1.165, 1.54) is 5.56 Å². The largest absolute Gasteiger partial charge is 0.219 e. The van der Waals surface area contributed by atoms with E-state index in [0.29, 0.717) is 0 Å². The molecule has 0 N–H and O–H groups in total. The van der Waals surface area contributed by atoms with Crippen molar-refractivity contribution in [2.24, 2.45) is 0 Å². The maximum Gasteiger partial charge on any atom is 0.219 e. The Morgan fingerprint density at radius 3 is 3.00 bits per heavy atom. The predicted octanol–water partition coefficient (Wildman–Crippen LogP) is 1.02. The smallest absolute Gasteiger partial charge is 0.176 e. The highest BCUT2D eigenvalue weighted by Crippen LogP contribution is 2.27. The van der Waals surface area contributed by atoms with Crippen LogP contribution in [0.25, 0.3) is 0 Å². The van der Waals surface area contributed by atoms with E-state index >= 15 is 0 Å². The number of fused-ring (bicyclic) bond motifs is 1. The summed E-state index contributed by atoms with van der Waals surface area (Å²) in [6.07, 6.45) is 3.05. The molecule has 1 aromatic carbocycles. The zero-order valence-electron chi connectivity index (χ0n) is 7.54. The van der Waals surface area contributed by atoms with Gasteiger partial charge in [0.05, 0.1) is 0 Å². The van der Waals surface area contributed by atoms with Gasteiger partial charge in [-0.2, -0.15) is 4.68 Å². The number of hydrogen-bond donors (Lipinski definition) is 0. The van der Waals surface area contributed by atoms with Gasteiger partial charge < -0.3 is 0 Å². The van der Waals surface area contributed by atoms with E-state index < -0.39 is 0 Å². The Morgan fingerprint density at radius 2 is 2.14 bits per heavy atom. The van der Waals surface area contributed by atoms with Crippen LogP contribution in [0.5, 0.6) is 0 Å². The summed E-state index contributed by atoms with van der Waals surface area (Å²) in [4.78, 5) is 0. The first kappa shape index (κ1) is 7.55. The van der Waals surface area contributed by atoms with Crippen molar-refractivity contribution >= 4 is 0 Å². The molecule has 0 amide bonds. The lowest BCUT2D eigenvalue weighted by Crippen LogP contribution is -2.07. The fourth-order valence-corrected chi connectivity index (χ4v) is 1.81. The third-order valence-electron chi connectivity index (χ3n) is 2.49. The molecule has 2 heterocycles. The van der Waals surface area contributed by atoms with Gasteiger partial charge in [-0.3, -0.25) is 0 Å². The minimum Gasteiger partial charge on any atom is -0.176 e. The molecular formula is C10H9N4+. The summed E-state index contributed by atoms with van der Waals surface area (Å²) in [5.74, 6) is 0.943. The standard InChI is InChI=1S/C10H9N4/c1-2-4-8(5-3-1)9-6-7-10-11-12-13-14(9)10/h1-6,9H,7H2/q+1. The first-order chi connectivity index (χ1) is 6.95. The molecule has 68 valence electrons. The molecule has 0 fully saturated rings. The molecule has 4 heteroatoms. The molecule has 4 nitrogen and oxygen atoms in total. The van der Waals surface area contributed by atoms with E-state index in [1.54, 1.807) is 0 Å². The van der Waals surface area contributed by atoms with Gasteiger partial charge in [0.25, 0.3) is 0 Å². The lowest BCUT2D eigenvalue weighted by atomic mass is 10.1. The minimum atomic E-state index is 0.209. The number of tetrazole rings is 1. The highest BCUT2D eigenvalue weighted by Gasteiger charge is 2.34. The van der Waals surface area contributed by atoms with E-state index in [-0.39, 0.29) is 6.04 Å². The van der Waals surface area contributed by atoms with Crippen molar-refractivity contribution in [3.8, 4) is 0 Å². The second kappa shape index (κ2) is 2.83. The van der Waals surface area contributed by atoms with Crippen molar-refractivity contribution < 1.29 is 0 Å². The van der Waals surface area contributed by atoms with Gasteiger partial charge in [-0.05, 0) is 10.4 Å². The second-order valence-electron chi connectivity index (χ2n) is 3.34. The molecule has 1 aromatic heterocycles. The molecule has 2 aromatic rings. The Hall–Kier alpha value is -1.84. The summed E-state index contributed by atoms with van der Waals surface area (Å²) in [5.41, 5.74) is 1.23. The summed E-state index contributed by atoms with van der Waals surface area (Å²) >= 11 is 0. The Morgan fingerprint density at radius 1 is 1.29 bits per heavy atom. The van der Waals surface area contributed by atoms with E-state index in [4.69, 9.17) is 0 Å². The molecule has 1 unspecified atom stereocenters. The molecule has 0 saturated heterocycles. The van der Waals surface area contributed by atoms with Crippen molar-refractivity contribution in [1.82, 2.24) is 20.2 Å². The van der Waals surface area contributed by atoms with E-state index in [9.17, 15) is 0 Å². The average Bonchev–Trinajstić information content (AvgIpc) is 2.79. The minimum absolute atomic E-state index is 0.209.